The monoisotopic (exact) mass is 354 g/mol. The van der Waals surface area contributed by atoms with Gasteiger partial charge in [0.25, 0.3) is 0 Å². The van der Waals surface area contributed by atoms with Crippen LogP contribution in [0.2, 0.25) is 0 Å². The third-order valence-corrected chi connectivity index (χ3v) is 4.68. The van der Waals surface area contributed by atoms with Crippen molar-refractivity contribution in [2.75, 3.05) is 27.3 Å². The second-order valence-electron chi connectivity index (χ2n) is 6.26. The summed E-state index contributed by atoms with van der Waals surface area (Å²) < 4.78 is 14.7. The minimum absolute atomic E-state index is 0.387. The van der Waals surface area contributed by atoms with Crippen molar-refractivity contribution in [2.24, 2.45) is 0 Å². The van der Waals surface area contributed by atoms with Gasteiger partial charge in [-0.15, -0.1) is 5.10 Å². The molecule has 0 unspecified atom stereocenters. The van der Waals surface area contributed by atoms with Crippen LogP contribution in [0.3, 0.4) is 0 Å². The van der Waals surface area contributed by atoms with E-state index in [-0.39, 0.29) is 0 Å². The lowest BCUT2D eigenvalue weighted by atomic mass is 10.1. The van der Waals surface area contributed by atoms with Crippen LogP contribution in [0.15, 0.2) is 36.8 Å². The number of ether oxygens (including phenoxy) is 2. The molecule has 0 bridgehead atoms. The van der Waals surface area contributed by atoms with Gasteiger partial charge in [-0.25, -0.2) is 9.67 Å². The van der Waals surface area contributed by atoms with Gasteiger partial charge < -0.3 is 14.8 Å². The fourth-order valence-electron chi connectivity index (χ4n) is 3.26. The van der Waals surface area contributed by atoms with Crippen LogP contribution in [0.5, 0.6) is 11.5 Å². The van der Waals surface area contributed by atoms with Crippen molar-refractivity contribution in [3.63, 3.8) is 0 Å². The molecule has 0 saturated carbocycles. The van der Waals surface area contributed by atoms with E-state index in [1.165, 1.54) is 0 Å². The molecule has 1 saturated heterocycles. The Kier molecular flexibility index (Phi) is 4.57. The molecule has 0 radical (unpaired) electrons. The van der Waals surface area contributed by atoms with Gasteiger partial charge in [-0.1, -0.05) is 5.21 Å². The molecule has 1 aliphatic rings. The lowest BCUT2D eigenvalue weighted by Crippen LogP contribution is -2.29. The molecule has 2 aromatic heterocycles. The molecule has 1 fully saturated rings. The molecule has 3 heterocycles. The zero-order valence-electron chi connectivity index (χ0n) is 14.9. The number of imidazole rings is 1. The fraction of sp³-hybridized carbons (Fsp3) is 0.389. The maximum atomic E-state index is 5.37. The molecular weight excluding hydrogens is 332 g/mol. The third kappa shape index (κ3) is 3.15. The second kappa shape index (κ2) is 7.17. The summed E-state index contributed by atoms with van der Waals surface area (Å²) in [5, 5.41) is 12.1. The number of hydrogen-bond donors (Lipinski definition) is 1. The molecule has 0 spiro atoms. The number of nitrogens with zero attached hydrogens (tertiary/aromatic N) is 5. The largest absolute Gasteiger partial charge is 0.497 e. The van der Waals surface area contributed by atoms with Crippen molar-refractivity contribution in [3.8, 4) is 28.7 Å². The molecule has 0 aliphatic carbocycles. The fourth-order valence-corrected chi connectivity index (χ4v) is 3.26. The Bertz CT molecular complexity index is 859. The van der Waals surface area contributed by atoms with Crippen LogP contribution in [-0.2, 0) is 0 Å². The zero-order chi connectivity index (χ0) is 17.9. The highest BCUT2D eigenvalue weighted by atomic mass is 16.5. The number of rotatable bonds is 5. The molecule has 3 aromatic rings. The van der Waals surface area contributed by atoms with Crippen LogP contribution in [0, 0.1) is 0 Å². The highest BCUT2D eigenvalue weighted by molar-refractivity contribution is 5.55. The molecule has 136 valence electrons. The van der Waals surface area contributed by atoms with Gasteiger partial charge in [0.05, 0.1) is 32.1 Å². The van der Waals surface area contributed by atoms with Crippen molar-refractivity contribution in [1.29, 1.82) is 0 Å². The molecule has 1 aliphatic heterocycles. The van der Waals surface area contributed by atoms with Crippen LogP contribution in [-0.4, -0.2) is 51.9 Å². The second-order valence-corrected chi connectivity index (χ2v) is 6.26. The maximum Gasteiger partial charge on any atom is 0.166 e. The number of aromatic nitrogens is 5. The summed E-state index contributed by atoms with van der Waals surface area (Å²) in [4.78, 5) is 4.49. The Morgan fingerprint density at radius 2 is 1.81 bits per heavy atom. The minimum Gasteiger partial charge on any atom is -0.497 e. The van der Waals surface area contributed by atoms with Gasteiger partial charge in [0.1, 0.15) is 17.2 Å². The van der Waals surface area contributed by atoms with Gasteiger partial charge >= 0.3 is 0 Å². The number of hydrogen-bond acceptors (Lipinski definition) is 6. The van der Waals surface area contributed by atoms with Crippen molar-refractivity contribution < 1.29 is 9.47 Å². The summed E-state index contributed by atoms with van der Waals surface area (Å²) in [5.74, 6) is 2.18. The van der Waals surface area contributed by atoms with Gasteiger partial charge in [0.15, 0.2) is 5.82 Å². The maximum absolute atomic E-state index is 5.37. The zero-order valence-corrected chi connectivity index (χ0v) is 14.9. The Labute approximate surface area is 151 Å². The first-order valence-electron chi connectivity index (χ1n) is 8.68. The molecule has 8 nitrogen and oxygen atoms in total. The SMILES string of the molecule is COc1cc(OC)cc(-n2ccnc2-c2cn(C3CCNCC3)nn2)c1. The molecule has 1 N–H and O–H groups in total. The summed E-state index contributed by atoms with van der Waals surface area (Å²) in [6, 6.07) is 6.10. The van der Waals surface area contributed by atoms with Crippen LogP contribution >= 0.6 is 0 Å². The topological polar surface area (TPSA) is 79.0 Å². The average molecular weight is 354 g/mol. The van der Waals surface area contributed by atoms with Gasteiger partial charge in [-0.3, -0.25) is 4.57 Å². The van der Waals surface area contributed by atoms with Crippen molar-refractivity contribution in [2.45, 2.75) is 18.9 Å². The molecule has 26 heavy (non-hydrogen) atoms. The predicted molar refractivity (Wildman–Crippen MR) is 96.8 cm³/mol. The lowest BCUT2D eigenvalue weighted by Gasteiger charge is -2.22. The summed E-state index contributed by atoms with van der Waals surface area (Å²) in [6.07, 6.45) is 7.75. The number of benzene rings is 1. The van der Waals surface area contributed by atoms with E-state index in [0.717, 1.165) is 54.6 Å². The standard InChI is InChI=1S/C18H22N6O2/c1-25-15-9-14(10-16(11-15)26-2)23-8-7-20-18(23)17-12-24(22-21-17)13-3-5-19-6-4-13/h7-13,19H,3-6H2,1-2H3. The highest BCUT2D eigenvalue weighted by Crippen LogP contribution is 2.28. The highest BCUT2D eigenvalue weighted by Gasteiger charge is 2.19. The Balaban J connectivity index is 1.68. The molecule has 1 aromatic carbocycles. The molecule has 0 atom stereocenters. The molecular formula is C18H22N6O2. The van der Waals surface area contributed by atoms with E-state index in [1.54, 1.807) is 20.4 Å². The Morgan fingerprint density at radius 3 is 2.50 bits per heavy atom. The van der Waals surface area contributed by atoms with Crippen LogP contribution in [0.4, 0.5) is 0 Å². The third-order valence-electron chi connectivity index (χ3n) is 4.68. The molecule has 0 amide bonds. The summed E-state index contributed by atoms with van der Waals surface area (Å²) in [6.45, 7) is 2.02. The van der Waals surface area contributed by atoms with Crippen molar-refractivity contribution >= 4 is 0 Å². The van der Waals surface area contributed by atoms with Crippen LogP contribution in [0.25, 0.3) is 17.2 Å². The average Bonchev–Trinajstić information content (AvgIpc) is 3.37. The normalized spacial score (nSPS) is 15.2. The first kappa shape index (κ1) is 16.6. The first-order valence-corrected chi connectivity index (χ1v) is 8.68. The van der Waals surface area contributed by atoms with Crippen molar-refractivity contribution in [3.05, 3.63) is 36.8 Å². The minimum atomic E-state index is 0.387. The van der Waals surface area contributed by atoms with Gasteiger partial charge in [0.2, 0.25) is 0 Å². The molecule has 4 rings (SSSR count). The van der Waals surface area contributed by atoms with E-state index in [2.05, 4.69) is 20.6 Å². The predicted octanol–water partition coefficient (Wildman–Crippen LogP) is 2.07. The summed E-state index contributed by atoms with van der Waals surface area (Å²) in [7, 11) is 3.27. The van der Waals surface area contributed by atoms with E-state index in [0.29, 0.717) is 6.04 Å². The lowest BCUT2D eigenvalue weighted by molar-refractivity contribution is 0.337. The van der Waals surface area contributed by atoms with Crippen LogP contribution in [0.1, 0.15) is 18.9 Å². The molecule has 8 heteroatoms. The first-order chi connectivity index (χ1) is 12.8. The quantitative estimate of drug-likeness (QED) is 0.756. The number of piperidine rings is 1. The summed E-state index contributed by atoms with van der Waals surface area (Å²) in [5.41, 5.74) is 1.64. The Morgan fingerprint density at radius 1 is 1.08 bits per heavy atom. The van der Waals surface area contributed by atoms with E-state index >= 15 is 0 Å². The van der Waals surface area contributed by atoms with Gasteiger partial charge in [0, 0.05) is 30.6 Å². The Hall–Kier alpha value is -2.87. The van der Waals surface area contributed by atoms with E-state index in [1.807, 2.05) is 39.8 Å². The van der Waals surface area contributed by atoms with E-state index < -0.39 is 0 Å². The van der Waals surface area contributed by atoms with E-state index in [4.69, 9.17) is 9.47 Å². The number of methoxy groups -OCH3 is 2. The van der Waals surface area contributed by atoms with E-state index in [9.17, 15) is 0 Å². The van der Waals surface area contributed by atoms with Gasteiger partial charge in [-0.05, 0) is 25.9 Å². The smallest absolute Gasteiger partial charge is 0.166 e. The number of nitrogens with one attached hydrogen (secondary N) is 1. The van der Waals surface area contributed by atoms with Gasteiger partial charge in [-0.2, -0.15) is 0 Å². The van der Waals surface area contributed by atoms with Crippen LogP contribution < -0.4 is 14.8 Å². The summed E-state index contributed by atoms with van der Waals surface area (Å²) >= 11 is 0. The van der Waals surface area contributed by atoms with Crippen molar-refractivity contribution in [1.82, 2.24) is 29.9 Å².